The summed E-state index contributed by atoms with van der Waals surface area (Å²) in [6, 6.07) is 19.5. The average Bonchev–Trinajstić information content (AvgIpc) is 2.46. The second-order valence-corrected chi connectivity index (χ2v) is 5.27. The highest BCUT2D eigenvalue weighted by molar-refractivity contribution is 6.17. The lowest BCUT2D eigenvalue weighted by atomic mass is 10.1. The molecule has 0 heterocycles. The summed E-state index contributed by atoms with van der Waals surface area (Å²) in [5, 5.41) is 0. The van der Waals surface area contributed by atoms with E-state index in [-0.39, 0.29) is 0 Å². The normalized spacial score (nSPS) is 10.7. The van der Waals surface area contributed by atoms with Crippen LogP contribution in [0.4, 0.5) is 5.69 Å². The summed E-state index contributed by atoms with van der Waals surface area (Å²) in [5.74, 6) is 0.570. The molecular formula is C17H20ClN. The van der Waals surface area contributed by atoms with Gasteiger partial charge in [-0.25, -0.2) is 0 Å². The number of nitrogens with zero attached hydrogens (tertiary/aromatic N) is 1. The van der Waals surface area contributed by atoms with Crippen LogP contribution in [0.15, 0.2) is 54.6 Å². The van der Waals surface area contributed by atoms with Crippen molar-refractivity contribution < 1.29 is 0 Å². The minimum absolute atomic E-state index is 0.460. The van der Waals surface area contributed by atoms with Crippen LogP contribution in [0.1, 0.15) is 25.0 Å². The number of hydrogen-bond acceptors (Lipinski definition) is 1. The molecule has 2 aromatic carbocycles. The van der Waals surface area contributed by atoms with Gasteiger partial charge in [0.1, 0.15) is 0 Å². The first-order chi connectivity index (χ1) is 9.20. The minimum Gasteiger partial charge on any atom is -0.365 e. The largest absolute Gasteiger partial charge is 0.365 e. The quantitative estimate of drug-likeness (QED) is 0.705. The Morgan fingerprint density at radius 3 is 2.05 bits per heavy atom. The van der Waals surface area contributed by atoms with Gasteiger partial charge in [0.25, 0.3) is 0 Å². The van der Waals surface area contributed by atoms with Gasteiger partial charge in [0.15, 0.2) is 0 Å². The van der Waals surface area contributed by atoms with Gasteiger partial charge in [-0.2, -0.15) is 0 Å². The van der Waals surface area contributed by atoms with Crippen molar-refractivity contribution >= 4 is 17.3 Å². The van der Waals surface area contributed by atoms with E-state index in [1.165, 1.54) is 11.3 Å². The molecule has 0 radical (unpaired) electrons. The standard InChI is InChI=1S/C17H20ClN/c1-14(2)19(13-16-6-4-3-5-7-16)17-10-8-15(12-18)9-11-17/h3-11,14H,12-13H2,1-2H3. The van der Waals surface area contributed by atoms with Crippen LogP contribution in [0, 0.1) is 0 Å². The van der Waals surface area contributed by atoms with Crippen LogP contribution in [0.25, 0.3) is 0 Å². The van der Waals surface area contributed by atoms with E-state index in [1.807, 2.05) is 0 Å². The molecular weight excluding hydrogens is 254 g/mol. The molecule has 0 saturated heterocycles. The molecule has 0 fully saturated rings. The summed E-state index contributed by atoms with van der Waals surface area (Å²) in [5.41, 5.74) is 3.74. The fraction of sp³-hybridized carbons (Fsp3) is 0.294. The lowest BCUT2D eigenvalue weighted by Crippen LogP contribution is -2.30. The van der Waals surface area contributed by atoms with E-state index in [0.717, 1.165) is 12.1 Å². The van der Waals surface area contributed by atoms with Gasteiger partial charge in [-0.15, -0.1) is 11.6 Å². The first kappa shape index (κ1) is 14.0. The molecule has 2 aromatic rings. The van der Waals surface area contributed by atoms with Gasteiger partial charge in [0.05, 0.1) is 0 Å². The summed E-state index contributed by atoms with van der Waals surface area (Å²) in [4.78, 5) is 2.40. The van der Waals surface area contributed by atoms with Crippen LogP contribution in [0.5, 0.6) is 0 Å². The molecule has 0 saturated carbocycles. The molecule has 2 rings (SSSR count). The van der Waals surface area contributed by atoms with Gasteiger partial charge in [-0.05, 0) is 37.1 Å². The Labute approximate surface area is 120 Å². The first-order valence-electron chi connectivity index (χ1n) is 6.66. The highest BCUT2D eigenvalue weighted by Gasteiger charge is 2.10. The Morgan fingerprint density at radius 1 is 0.895 bits per heavy atom. The summed E-state index contributed by atoms with van der Waals surface area (Å²) < 4.78 is 0. The maximum atomic E-state index is 5.84. The zero-order valence-electron chi connectivity index (χ0n) is 11.5. The molecule has 0 unspecified atom stereocenters. The Morgan fingerprint density at radius 2 is 1.53 bits per heavy atom. The zero-order chi connectivity index (χ0) is 13.7. The van der Waals surface area contributed by atoms with E-state index < -0.39 is 0 Å². The smallest absolute Gasteiger partial charge is 0.0474 e. The number of rotatable bonds is 5. The van der Waals surface area contributed by atoms with Gasteiger partial charge in [0.2, 0.25) is 0 Å². The van der Waals surface area contributed by atoms with Crippen LogP contribution >= 0.6 is 11.6 Å². The third-order valence-corrected chi connectivity index (χ3v) is 3.55. The van der Waals surface area contributed by atoms with E-state index in [2.05, 4.69) is 73.3 Å². The highest BCUT2D eigenvalue weighted by atomic mass is 35.5. The maximum absolute atomic E-state index is 5.84. The van der Waals surface area contributed by atoms with Crippen molar-refractivity contribution in [1.82, 2.24) is 0 Å². The minimum atomic E-state index is 0.460. The van der Waals surface area contributed by atoms with Crippen molar-refractivity contribution in [1.29, 1.82) is 0 Å². The van der Waals surface area contributed by atoms with E-state index in [1.54, 1.807) is 0 Å². The summed E-state index contributed by atoms with van der Waals surface area (Å²) in [6.45, 7) is 5.37. The van der Waals surface area contributed by atoms with E-state index in [9.17, 15) is 0 Å². The van der Waals surface area contributed by atoms with Crippen LogP contribution in [0.2, 0.25) is 0 Å². The molecule has 0 aliphatic carbocycles. The number of halogens is 1. The molecule has 1 nitrogen and oxygen atoms in total. The molecule has 0 aromatic heterocycles. The van der Waals surface area contributed by atoms with E-state index >= 15 is 0 Å². The molecule has 0 spiro atoms. The molecule has 19 heavy (non-hydrogen) atoms. The first-order valence-corrected chi connectivity index (χ1v) is 7.19. The van der Waals surface area contributed by atoms with Gasteiger partial charge in [-0.3, -0.25) is 0 Å². The summed E-state index contributed by atoms with van der Waals surface area (Å²) >= 11 is 5.84. The van der Waals surface area contributed by atoms with Crippen LogP contribution in [0.3, 0.4) is 0 Å². The second-order valence-electron chi connectivity index (χ2n) is 5.01. The number of alkyl halides is 1. The number of benzene rings is 2. The lowest BCUT2D eigenvalue weighted by Gasteiger charge is -2.29. The van der Waals surface area contributed by atoms with Crippen molar-refractivity contribution in [2.24, 2.45) is 0 Å². The predicted molar refractivity (Wildman–Crippen MR) is 83.8 cm³/mol. The monoisotopic (exact) mass is 273 g/mol. The Balaban J connectivity index is 2.19. The maximum Gasteiger partial charge on any atom is 0.0474 e. The molecule has 0 amide bonds. The molecule has 0 aliphatic rings. The molecule has 0 bridgehead atoms. The van der Waals surface area contributed by atoms with Gasteiger partial charge >= 0.3 is 0 Å². The van der Waals surface area contributed by atoms with Crippen molar-refractivity contribution in [3.05, 3.63) is 65.7 Å². The van der Waals surface area contributed by atoms with Gasteiger partial charge < -0.3 is 4.90 Å². The van der Waals surface area contributed by atoms with Crippen LogP contribution < -0.4 is 4.90 Å². The van der Waals surface area contributed by atoms with Crippen molar-refractivity contribution in [2.45, 2.75) is 32.3 Å². The summed E-state index contributed by atoms with van der Waals surface area (Å²) in [7, 11) is 0. The topological polar surface area (TPSA) is 3.24 Å². The third-order valence-electron chi connectivity index (χ3n) is 3.24. The number of anilines is 1. The molecule has 0 atom stereocenters. The predicted octanol–water partition coefficient (Wildman–Crippen LogP) is 4.84. The number of hydrogen-bond donors (Lipinski definition) is 0. The SMILES string of the molecule is CC(C)N(Cc1ccccc1)c1ccc(CCl)cc1. The Kier molecular flexibility index (Phi) is 4.86. The third kappa shape index (κ3) is 3.74. The van der Waals surface area contributed by atoms with E-state index in [0.29, 0.717) is 11.9 Å². The molecule has 0 aliphatic heterocycles. The van der Waals surface area contributed by atoms with Gasteiger partial charge in [-0.1, -0.05) is 42.5 Å². The highest BCUT2D eigenvalue weighted by Crippen LogP contribution is 2.21. The Bertz CT molecular complexity index is 490. The molecule has 100 valence electrons. The second kappa shape index (κ2) is 6.63. The Hall–Kier alpha value is -1.47. The fourth-order valence-electron chi connectivity index (χ4n) is 2.13. The van der Waals surface area contributed by atoms with Crippen molar-refractivity contribution in [3.63, 3.8) is 0 Å². The fourth-order valence-corrected chi connectivity index (χ4v) is 2.31. The zero-order valence-corrected chi connectivity index (χ0v) is 12.3. The van der Waals surface area contributed by atoms with Crippen LogP contribution in [-0.4, -0.2) is 6.04 Å². The van der Waals surface area contributed by atoms with Crippen LogP contribution in [-0.2, 0) is 12.4 Å². The molecule has 0 N–H and O–H groups in total. The van der Waals surface area contributed by atoms with E-state index in [4.69, 9.17) is 11.6 Å². The van der Waals surface area contributed by atoms with Crippen molar-refractivity contribution in [2.75, 3.05) is 4.90 Å². The average molecular weight is 274 g/mol. The summed E-state index contributed by atoms with van der Waals surface area (Å²) in [6.07, 6.45) is 0. The van der Waals surface area contributed by atoms with Gasteiger partial charge in [0, 0.05) is 24.2 Å². The lowest BCUT2D eigenvalue weighted by molar-refractivity contribution is 0.682. The molecule has 2 heteroatoms. The van der Waals surface area contributed by atoms with Crippen molar-refractivity contribution in [3.8, 4) is 0 Å².